The van der Waals surface area contributed by atoms with Crippen molar-refractivity contribution >= 4 is 24.8 Å². The maximum atomic E-state index is 6.28. The van der Waals surface area contributed by atoms with E-state index in [9.17, 15) is 0 Å². The molecule has 0 aromatic heterocycles. The van der Waals surface area contributed by atoms with Crippen LogP contribution in [0.4, 0.5) is 5.69 Å². The van der Waals surface area contributed by atoms with Crippen molar-refractivity contribution in [1.29, 1.82) is 0 Å². The van der Waals surface area contributed by atoms with Gasteiger partial charge in [0.05, 0.1) is 6.54 Å². The van der Waals surface area contributed by atoms with Gasteiger partial charge in [0.15, 0.2) is 0 Å². The molecule has 1 heterocycles. The maximum Gasteiger partial charge on any atom is 0.0642 e. The third-order valence-electron chi connectivity index (χ3n) is 6.58. The highest BCUT2D eigenvalue weighted by molar-refractivity contribution is 5.83. The van der Waals surface area contributed by atoms with Crippen LogP contribution in [0, 0.1) is 0 Å². The SMILES string of the molecule is C=N/C=C(\C=NCc1ccc(N)cc1C(C)(CCC)/C(C=NCCC1=CCN1/C=C\C)=C/C)CCN. The molecule has 1 aliphatic heterocycles. The zero-order chi connectivity index (χ0) is 26.4. The summed E-state index contributed by atoms with van der Waals surface area (Å²) in [5, 5.41) is 0. The van der Waals surface area contributed by atoms with Crippen molar-refractivity contribution in [3.05, 3.63) is 76.8 Å². The molecule has 1 aromatic carbocycles. The Hall–Kier alpha value is -3.25. The van der Waals surface area contributed by atoms with Gasteiger partial charge in [-0.15, -0.1) is 0 Å². The number of nitrogens with zero attached hydrogens (tertiary/aromatic N) is 4. The van der Waals surface area contributed by atoms with Gasteiger partial charge in [0, 0.05) is 54.9 Å². The van der Waals surface area contributed by atoms with Gasteiger partial charge in [-0.3, -0.25) is 15.0 Å². The van der Waals surface area contributed by atoms with Crippen molar-refractivity contribution < 1.29 is 0 Å². The predicted molar refractivity (Wildman–Crippen MR) is 158 cm³/mol. The molecule has 6 heteroatoms. The minimum absolute atomic E-state index is 0.224. The Bertz CT molecular complexity index is 1040. The highest BCUT2D eigenvalue weighted by atomic mass is 15.2. The zero-order valence-corrected chi connectivity index (χ0v) is 22.6. The van der Waals surface area contributed by atoms with E-state index in [-0.39, 0.29) is 5.41 Å². The molecule has 0 fully saturated rings. The Labute approximate surface area is 218 Å². The van der Waals surface area contributed by atoms with Crippen LogP contribution in [0.1, 0.15) is 64.5 Å². The molecule has 1 atom stereocenters. The Morgan fingerprint density at radius 3 is 2.64 bits per heavy atom. The van der Waals surface area contributed by atoms with E-state index in [0.29, 0.717) is 19.5 Å². The Kier molecular flexibility index (Phi) is 12.1. The van der Waals surface area contributed by atoms with Gasteiger partial charge in [0.25, 0.3) is 0 Å². The molecule has 1 aliphatic rings. The Balaban J connectivity index is 2.28. The summed E-state index contributed by atoms with van der Waals surface area (Å²) in [6.07, 6.45) is 18.0. The molecule has 0 saturated carbocycles. The van der Waals surface area contributed by atoms with E-state index in [1.54, 1.807) is 6.20 Å². The van der Waals surface area contributed by atoms with Crippen LogP contribution in [0.2, 0.25) is 0 Å². The molecule has 0 amide bonds. The average Bonchev–Trinajstić information content (AvgIpc) is 2.85. The number of hydrogen-bond acceptors (Lipinski definition) is 6. The summed E-state index contributed by atoms with van der Waals surface area (Å²) in [6.45, 7) is 15.1. The number of anilines is 1. The molecule has 0 radical (unpaired) electrons. The lowest BCUT2D eigenvalue weighted by Crippen LogP contribution is -2.28. The lowest BCUT2D eigenvalue weighted by atomic mass is 9.71. The van der Waals surface area contributed by atoms with E-state index in [4.69, 9.17) is 21.5 Å². The van der Waals surface area contributed by atoms with Gasteiger partial charge in [-0.2, -0.15) is 0 Å². The Morgan fingerprint density at radius 1 is 1.22 bits per heavy atom. The molecule has 0 bridgehead atoms. The highest BCUT2D eigenvalue weighted by Gasteiger charge is 2.31. The molecule has 1 aromatic rings. The number of benzene rings is 1. The van der Waals surface area contributed by atoms with Crippen LogP contribution in [-0.2, 0) is 12.0 Å². The first kappa shape index (κ1) is 29.0. The number of hydrogen-bond donors (Lipinski definition) is 2. The standard InChI is InChI=1S/C30H44N6/c1-6-14-30(4,26(8-3)23-34-16-12-28-13-18-36(28)17-7-2)29-19-27(32)10-9-25(29)22-35-21-24(11-15-31)20-33-5/h7-10,13,17,19-21,23H,5-6,11-12,14-16,18,22,31-32H2,1-4H3/b17-7-,24-20-,26-8+,34-23?,35-21?. The van der Waals surface area contributed by atoms with Gasteiger partial charge in [-0.25, -0.2) is 0 Å². The van der Waals surface area contributed by atoms with E-state index in [1.807, 2.05) is 19.2 Å². The van der Waals surface area contributed by atoms with Crippen LogP contribution in [0.25, 0.3) is 0 Å². The third kappa shape index (κ3) is 7.89. The molecule has 1 unspecified atom stereocenters. The molecule has 36 heavy (non-hydrogen) atoms. The van der Waals surface area contributed by atoms with Crippen LogP contribution in [0.3, 0.4) is 0 Å². The lowest BCUT2D eigenvalue weighted by Gasteiger charge is -2.33. The molecule has 194 valence electrons. The second-order valence-corrected chi connectivity index (χ2v) is 9.25. The topological polar surface area (TPSA) is 92.4 Å². The summed E-state index contributed by atoms with van der Waals surface area (Å²) in [5.74, 6) is 0. The van der Waals surface area contributed by atoms with Crippen LogP contribution in [0.5, 0.6) is 0 Å². The number of aliphatic imine (C=N–C) groups is 3. The largest absolute Gasteiger partial charge is 0.399 e. The van der Waals surface area contributed by atoms with Crippen LogP contribution < -0.4 is 11.5 Å². The summed E-state index contributed by atoms with van der Waals surface area (Å²) < 4.78 is 0. The van der Waals surface area contributed by atoms with Gasteiger partial charge < -0.3 is 16.4 Å². The number of nitrogens with two attached hydrogens (primary N) is 2. The maximum absolute atomic E-state index is 6.28. The van der Waals surface area contributed by atoms with Crippen LogP contribution in [-0.4, -0.2) is 43.7 Å². The van der Waals surface area contributed by atoms with Gasteiger partial charge in [-0.05, 0) is 86.6 Å². The summed E-state index contributed by atoms with van der Waals surface area (Å²) in [4.78, 5) is 15.7. The molecule has 2 rings (SSSR count). The summed E-state index contributed by atoms with van der Waals surface area (Å²) in [5.41, 5.74) is 18.4. The highest BCUT2D eigenvalue weighted by Crippen LogP contribution is 2.39. The average molecular weight is 489 g/mol. The number of rotatable bonds is 15. The number of nitrogen functional groups attached to an aromatic ring is 1. The second-order valence-electron chi connectivity index (χ2n) is 9.25. The quantitative estimate of drug-likeness (QED) is 0.235. The lowest BCUT2D eigenvalue weighted by molar-refractivity contribution is 0.434. The second kappa shape index (κ2) is 15.0. The van der Waals surface area contributed by atoms with Gasteiger partial charge in [0.2, 0.25) is 0 Å². The minimum Gasteiger partial charge on any atom is -0.399 e. The predicted octanol–water partition coefficient (Wildman–Crippen LogP) is 5.97. The van der Waals surface area contributed by atoms with Gasteiger partial charge in [-0.1, -0.05) is 38.5 Å². The normalized spacial score (nSPS) is 16.6. The van der Waals surface area contributed by atoms with Crippen LogP contribution in [0.15, 0.2) is 80.6 Å². The summed E-state index contributed by atoms with van der Waals surface area (Å²) >= 11 is 0. The van der Waals surface area contributed by atoms with E-state index in [2.05, 4.69) is 80.2 Å². The first-order chi connectivity index (χ1) is 17.4. The van der Waals surface area contributed by atoms with Crippen molar-refractivity contribution in [3.63, 3.8) is 0 Å². The fourth-order valence-corrected chi connectivity index (χ4v) is 4.67. The van der Waals surface area contributed by atoms with Crippen molar-refractivity contribution in [2.24, 2.45) is 20.7 Å². The zero-order valence-electron chi connectivity index (χ0n) is 22.6. The van der Waals surface area contributed by atoms with E-state index >= 15 is 0 Å². The van der Waals surface area contributed by atoms with Gasteiger partial charge in [0.1, 0.15) is 0 Å². The molecule has 0 aliphatic carbocycles. The van der Waals surface area contributed by atoms with Crippen molar-refractivity contribution in [3.8, 4) is 0 Å². The monoisotopic (exact) mass is 488 g/mol. The first-order valence-electron chi connectivity index (χ1n) is 12.9. The van der Waals surface area contributed by atoms with Crippen molar-refractivity contribution in [2.75, 3.05) is 25.4 Å². The van der Waals surface area contributed by atoms with Crippen LogP contribution >= 0.6 is 0 Å². The fraction of sp³-hybridized carbons (Fsp3) is 0.433. The molecule has 6 nitrogen and oxygen atoms in total. The molecular formula is C30H44N6. The Morgan fingerprint density at radius 2 is 2.03 bits per heavy atom. The van der Waals surface area contributed by atoms with E-state index < -0.39 is 0 Å². The molecule has 0 spiro atoms. The minimum atomic E-state index is -0.224. The van der Waals surface area contributed by atoms with Gasteiger partial charge >= 0.3 is 0 Å². The molecular weight excluding hydrogens is 444 g/mol. The molecule has 0 saturated heterocycles. The first-order valence-corrected chi connectivity index (χ1v) is 12.9. The van der Waals surface area contributed by atoms with Crippen molar-refractivity contribution in [2.45, 2.75) is 65.3 Å². The van der Waals surface area contributed by atoms with Crippen molar-refractivity contribution in [1.82, 2.24) is 4.90 Å². The smallest absolute Gasteiger partial charge is 0.0642 e. The fourth-order valence-electron chi connectivity index (χ4n) is 4.67. The number of allylic oxidation sites excluding steroid dienone is 3. The van der Waals surface area contributed by atoms with E-state index in [1.165, 1.54) is 16.8 Å². The summed E-state index contributed by atoms with van der Waals surface area (Å²) in [6, 6.07) is 6.15. The molecule has 4 N–H and O–H groups in total. The third-order valence-corrected chi connectivity index (χ3v) is 6.58. The summed E-state index contributed by atoms with van der Waals surface area (Å²) in [7, 11) is 0. The van der Waals surface area contributed by atoms with E-state index in [0.717, 1.165) is 49.2 Å².